The molecule has 3 aliphatic rings. The number of sulfonamides is 1. The van der Waals surface area contributed by atoms with E-state index in [-0.39, 0.29) is 11.8 Å². The first-order valence-corrected chi connectivity index (χ1v) is 19.3. The lowest BCUT2D eigenvalue weighted by Crippen LogP contribution is -2.60. The Kier molecular flexibility index (Phi) is 11.3. The maximum absolute atomic E-state index is 14.5. The van der Waals surface area contributed by atoms with Gasteiger partial charge in [0.15, 0.2) is 5.75 Å². The molecule has 5 atom stereocenters. The number of aromatic nitrogens is 1. The van der Waals surface area contributed by atoms with Gasteiger partial charge in [-0.05, 0) is 57.6 Å². The summed E-state index contributed by atoms with van der Waals surface area (Å²) in [5.74, 6) is -5.24. The molecule has 1 saturated heterocycles. The smallest absolute Gasteiger partial charge is 0.488 e. The number of fused-ring (bicyclic) bond motifs is 1. The Labute approximate surface area is 324 Å². The van der Waals surface area contributed by atoms with E-state index in [1.165, 1.54) is 6.08 Å². The van der Waals surface area contributed by atoms with Crippen molar-refractivity contribution < 1.29 is 68.1 Å². The fourth-order valence-electron chi connectivity index (χ4n) is 6.45. The van der Waals surface area contributed by atoms with E-state index < -0.39 is 128 Å². The lowest BCUT2D eigenvalue weighted by atomic mass is 9.85. The van der Waals surface area contributed by atoms with Crippen molar-refractivity contribution in [3.8, 4) is 11.5 Å². The Balaban J connectivity index is 1.53. The summed E-state index contributed by atoms with van der Waals surface area (Å²) in [6.45, 7) is 12.7. The second-order valence-corrected chi connectivity index (χ2v) is 18.3. The standard InChI is InChI=1S/C36H43F6N5O9S/c1-8-18-16-34(18,30(50)46-57(52,53)20-12-13-20)45-28(48)22-14-19(17-47(22)29(49)27(32(2,3)4)44-31(51)56-33(5,6)7)54-24-15-25(35(37,38)39)43-26-21(24)10-9-11-23(26)55-36(40,41)42/h8-11,15,18-20,22,27H,1,12-14,16-17H2,2-7H3,(H,44,51)(H,45,48)(H,46,50). The first-order chi connectivity index (χ1) is 26.0. The molecule has 4 amide bonds. The highest BCUT2D eigenvalue weighted by molar-refractivity contribution is 7.91. The number of likely N-dealkylation sites (tertiary alicyclic amines) is 1. The Morgan fingerprint density at radius 2 is 1.67 bits per heavy atom. The van der Waals surface area contributed by atoms with Gasteiger partial charge in [-0.2, -0.15) is 13.2 Å². The molecule has 1 aromatic heterocycles. The van der Waals surface area contributed by atoms with Gasteiger partial charge in [-0.3, -0.25) is 19.1 Å². The van der Waals surface area contributed by atoms with E-state index in [4.69, 9.17) is 9.47 Å². The molecule has 14 nitrogen and oxygen atoms in total. The zero-order valence-corrected chi connectivity index (χ0v) is 32.6. The van der Waals surface area contributed by atoms with Crippen LogP contribution in [-0.2, 0) is 35.3 Å². The second kappa shape index (κ2) is 14.8. The van der Waals surface area contributed by atoms with Crippen molar-refractivity contribution in [3.63, 3.8) is 0 Å². The summed E-state index contributed by atoms with van der Waals surface area (Å²) in [6.07, 6.45) is -11.2. The van der Waals surface area contributed by atoms with E-state index >= 15 is 0 Å². The van der Waals surface area contributed by atoms with Gasteiger partial charge in [0, 0.05) is 23.8 Å². The minimum Gasteiger partial charge on any atom is -0.488 e. The SMILES string of the molecule is C=CC1CC1(NC(=O)C1CC(Oc2cc(C(F)(F)F)nc3c(OC(F)(F)F)cccc23)CN1C(=O)C(NC(=O)OC(C)(C)C)C(C)(C)C)C(=O)NS(=O)(=O)C1CC1. The molecule has 314 valence electrons. The predicted molar refractivity (Wildman–Crippen MR) is 190 cm³/mol. The van der Waals surface area contributed by atoms with Gasteiger partial charge in [-0.25, -0.2) is 18.2 Å². The molecule has 57 heavy (non-hydrogen) atoms. The number of nitrogens with zero attached hydrogens (tertiary/aromatic N) is 2. The minimum absolute atomic E-state index is 0.0504. The molecule has 0 spiro atoms. The molecule has 2 heterocycles. The van der Waals surface area contributed by atoms with Crippen molar-refractivity contribution in [2.75, 3.05) is 6.54 Å². The number of para-hydroxylation sites is 1. The largest absolute Gasteiger partial charge is 0.573 e. The molecule has 2 aromatic rings. The second-order valence-electron chi connectivity index (χ2n) is 16.3. The van der Waals surface area contributed by atoms with Crippen LogP contribution in [0.3, 0.4) is 0 Å². The number of hydrogen-bond acceptors (Lipinski definition) is 10. The summed E-state index contributed by atoms with van der Waals surface area (Å²) < 4.78 is 125. The summed E-state index contributed by atoms with van der Waals surface area (Å²) in [7, 11) is -4.06. The number of alkyl carbamates (subject to hydrolysis) is 1. The van der Waals surface area contributed by atoms with E-state index in [0.29, 0.717) is 18.9 Å². The van der Waals surface area contributed by atoms with Gasteiger partial charge in [0.25, 0.3) is 5.91 Å². The van der Waals surface area contributed by atoms with Crippen LogP contribution in [-0.4, -0.2) is 89.6 Å². The van der Waals surface area contributed by atoms with E-state index in [9.17, 15) is 53.9 Å². The van der Waals surface area contributed by atoms with Crippen molar-refractivity contribution in [2.45, 2.75) is 114 Å². The van der Waals surface area contributed by atoms with Crippen LogP contribution in [0, 0.1) is 11.3 Å². The molecule has 3 N–H and O–H groups in total. The van der Waals surface area contributed by atoms with Gasteiger partial charge >= 0.3 is 18.6 Å². The molecule has 21 heteroatoms. The number of nitrogens with one attached hydrogen (secondary N) is 3. The Morgan fingerprint density at radius 1 is 1.02 bits per heavy atom. The number of pyridine rings is 1. The maximum Gasteiger partial charge on any atom is 0.573 e. The number of halogens is 6. The number of carbonyl (C=O) groups excluding carboxylic acids is 4. The topological polar surface area (TPSA) is 182 Å². The minimum atomic E-state index is -5.29. The lowest BCUT2D eigenvalue weighted by Gasteiger charge is -2.36. The number of rotatable bonds is 11. The van der Waals surface area contributed by atoms with Gasteiger partial charge in [-0.1, -0.05) is 32.9 Å². The predicted octanol–water partition coefficient (Wildman–Crippen LogP) is 5.11. The molecule has 2 saturated carbocycles. The highest BCUT2D eigenvalue weighted by atomic mass is 32.2. The number of alkyl halides is 6. The normalized spacial score (nSPS) is 23.3. The fraction of sp³-hybridized carbons (Fsp3) is 0.583. The van der Waals surface area contributed by atoms with Crippen LogP contribution in [0.2, 0.25) is 0 Å². The third-order valence-electron chi connectivity index (χ3n) is 9.45. The van der Waals surface area contributed by atoms with Crippen LogP contribution < -0.4 is 24.8 Å². The molecule has 1 aromatic carbocycles. The van der Waals surface area contributed by atoms with Gasteiger partial charge < -0.3 is 29.7 Å². The Bertz CT molecular complexity index is 2060. The zero-order valence-electron chi connectivity index (χ0n) is 31.8. The van der Waals surface area contributed by atoms with E-state index in [1.54, 1.807) is 41.5 Å². The van der Waals surface area contributed by atoms with Crippen molar-refractivity contribution in [1.29, 1.82) is 0 Å². The molecule has 0 bridgehead atoms. The third kappa shape index (κ3) is 10.0. The third-order valence-corrected chi connectivity index (χ3v) is 11.3. The molecular weight excluding hydrogens is 792 g/mol. The summed E-state index contributed by atoms with van der Waals surface area (Å²) in [4.78, 5) is 59.4. The fourth-order valence-corrected chi connectivity index (χ4v) is 7.82. The van der Waals surface area contributed by atoms with Crippen molar-refractivity contribution in [1.82, 2.24) is 25.2 Å². The van der Waals surface area contributed by atoms with Crippen molar-refractivity contribution >= 4 is 44.7 Å². The monoisotopic (exact) mass is 835 g/mol. The lowest BCUT2D eigenvalue weighted by molar-refractivity contribution is -0.274. The van der Waals surface area contributed by atoms with Gasteiger partial charge in [0.2, 0.25) is 21.8 Å². The van der Waals surface area contributed by atoms with Gasteiger partial charge in [0.1, 0.15) is 46.3 Å². The zero-order chi connectivity index (χ0) is 42.7. The number of ether oxygens (including phenoxy) is 3. The van der Waals surface area contributed by atoms with Crippen LogP contribution >= 0.6 is 0 Å². The number of carbonyl (C=O) groups is 4. The first kappa shape index (κ1) is 43.3. The van der Waals surface area contributed by atoms with E-state index in [0.717, 1.165) is 23.1 Å². The molecule has 3 fully saturated rings. The van der Waals surface area contributed by atoms with Crippen LogP contribution in [0.15, 0.2) is 36.9 Å². The average Bonchev–Trinajstić information content (AvgIpc) is 3.98. The summed E-state index contributed by atoms with van der Waals surface area (Å²) in [5.41, 5.74) is -6.28. The van der Waals surface area contributed by atoms with Crippen LogP contribution in [0.4, 0.5) is 31.1 Å². The summed E-state index contributed by atoms with van der Waals surface area (Å²) in [5, 5.41) is 3.98. The van der Waals surface area contributed by atoms with Crippen LogP contribution in [0.1, 0.15) is 72.9 Å². The number of benzene rings is 1. The quantitative estimate of drug-likeness (QED) is 0.203. The summed E-state index contributed by atoms with van der Waals surface area (Å²) in [6, 6.07) is 0.516. The van der Waals surface area contributed by atoms with Crippen molar-refractivity contribution in [2.24, 2.45) is 11.3 Å². The molecule has 5 rings (SSSR count). The van der Waals surface area contributed by atoms with E-state index in [1.807, 2.05) is 4.72 Å². The van der Waals surface area contributed by atoms with E-state index in [2.05, 4.69) is 26.9 Å². The maximum atomic E-state index is 14.5. The summed E-state index contributed by atoms with van der Waals surface area (Å²) >= 11 is 0. The van der Waals surface area contributed by atoms with Gasteiger partial charge in [0.05, 0.1) is 11.8 Å². The van der Waals surface area contributed by atoms with Crippen LogP contribution in [0.5, 0.6) is 11.5 Å². The van der Waals surface area contributed by atoms with Gasteiger partial charge in [-0.15, -0.1) is 19.8 Å². The molecule has 0 radical (unpaired) electrons. The average molecular weight is 836 g/mol. The highest BCUT2D eigenvalue weighted by Gasteiger charge is 2.62. The Morgan fingerprint density at radius 3 is 2.19 bits per heavy atom. The highest BCUT2D eigenvalue weighted by Crippen LogP contribution is 2.46. The first-order valence-electron chi connectivity index (χ1n) is 17.8. The van der Waals surface area contributed by atoms with Crippen molar-refractivity contribution in [3.05, 3.63) is 42.6 Å². The number of amides is 4. The Hall–Kier alpha value is -4.82. The molecular formula is C36H43F6N5O9S. The molecule has 2 aliphatic carbocycles. The molecule has 5 unspecified atom stereocenters. The van der Waals surface area contributed by atoms with Crippen LogP contribution in [0.25, 0.3) is 10.9 Å². The number of hydrogen-bond donors (Lipinski definition) is 3. The molecule has 1 aliphatic heterocycles.